The van der Waals surface area contributed by atoms with Crippen molar-refractivity contribution in [2.45, 2.75) is 5.41 Å². The largest absolute Gasteiger partial charge is 0.493 e. The highest BCUT2D eigenvalue weighted by molar-refractivity contribution is 5.92. The minimum absolute atomic E-state index is 0.408. The van der Waals surface area contributed by atoms with Gasteiger partial charge < -0.3 is 14.6 Å². The van der Waals surface area contributed by atoms with Gasteiger partial charge in [-0.1, -0.05) is 72.8 Å². The molecule has 132 valence electrons. The van der Waals surface area contributed by atoms with Gasteiger partial charge in [-0.2, -0.15) is 0 Å². The lowest BCUT2D eigenvalue weighted by Crippen LogP contribution is -2.38. The van der Waals surface area contributed by atoms with Crippen LogP contribution in [0.1, 0.15) is 16.7 Å². The molecule has 4 nitrogen and oxygen atoms in total. The van der Waals surface area contributed by atoms with E-state index in [2.05, 4.69) is 0 Å². The first kappa shape index (κ1) is 17.5. The van der Waals surface area contributed by atoms with E-state index in [4.69, 9.17) is 9.47 Å². The van der Waals surface area contributed by atoms with Crippen molar-refractivity contribution in [3.8, 4) is 11.5 Å². The van der Waals surface area contributed by atoms with Crippen molar-refractivity contribution < 1.29 is 19.4 Å². The van der Waals surface area contributed by atoms with Crippen molar-refractivity contribution in [2.24, 2.45) is 0 Å². The molecule has 0 radical (unpaired) electrons. The second-order valence-corrected chi connectivity index (χ2v) is 5.83. The third-order valence-electron chi connectivity index (χ3n) is 4.54. The summed E-state index contributed by atoms with van der Waals surface area (Å²) in [5.74, 6) is -0.0888. The Hall–Kier alpha value is -3.27. The number of methoxy groups -OCH3 is 2. The Morgan fingerprint density at radius 3 is 1.73 bits per heavy atom. The number of carboxylic acids is 1. The van der Waals surface area contributed by atoms with E-state index < -0.39 is 11.4 Å². The van der Waals surface area contributed by atoms with Gasteiger partial charge in [-0.15, -0.1) is 0 Å². The first-order chi connectivity index (χ1) is 12.7. The van der Waals surface area contributed by atoms with Crippen molar-refractivity contribution in [3.63, 3.8) is 0 Å². The number of rotatable bonds is 6. The van der Waals surface area contributed by atoms with Crippen LogP contribution >= 0.6 is 0 Å². The topological polar surface area (TPSA) is 55.8 Å². The minimum Gasteiger partial charge on any atom is -0.493 e. The number of hydrogen-bond acceptors (Lipinski definition) is 3. The number of benzene rings is 3. The SMILES string of the molecule is COc1cccc(C(C(=O)O)(c2ccccc2)c2ccccc2)c1OC. The van der Waals surface area contributed by atoms with E-state index in [1.165, 1.54) is 14.2 Å². The van der Waals surface area contributed by atoms with Gasteiger partial charge in [0.1, 0.15) is 5.41 Å². The molecule has 0 aromatic heterocycles. The van der Waals surface area contributed by atoms with E-state index in [1.54, 1.807) is 18.2 Å². The molecular weight excluding hydrogens is 328 g/mol. The highest BCUT2D eigenvalue weighted by Crippen LogP contribution is 2.46. The maximum atomic E-state index is 12.8. The van der Waals surface area contributed by atoms with Crippen molar-refractivity contribution in [1.29, 1.82) is 0 Å². The van der Waals surface area contributed by atoms with Crippen LogP contribution in [-0.4, -0.2) is 25.3 Å². The van der Waals surface area contributed by atoms with Gasteiger partial charge in [0, 0.05) is 5.56 Å². The van der Waals surface area contributed by atoms with Crippen LogP contribution in [0.25, 0.3) is 0 Å². The van der Waals surface area contributed by atoms with Crippen LogP contribution in [0.2, 0.25) is 0 Å². The molecule has 26 heavy (non-hydrogen) atoms. The van der Waals surface area contributed by atoms with Crippen molar-refractivity contribution in [2.75, 3.05) is 14.2 Å². The standard InChI is InChI=1S/C22H20O4/c1-25-19-15-9-14-18(20(19)26-2)22(21(23)24,16-10-5-3-6-11-16)17-12-7-4-8-13-17/h3-15H,1-2H3,(H,23,24). The molecule has 0 amide bonds. The Morgan fingerprint density at radius 2 is 1.31 bits per heavy atom. The summed E-state index contributed by atoms with van der Waals surface area (Å²) >= 11 is 0. The van der Waals surface area contributed by atoms with E-state index >= 15 is 0 Å². The fraction of sp³-hybridized carbons (Fsp3) is 0.136. The molecule has 0 fully saturated rings. The Labute approximate surface area is 152 Å². The maximum Gasteiger partial charge on any atom is 0.323 e. The second kappa shape index (κ2) is 7.31. The molecule has 0 spiro atoms. The van der Waals surface area contributed by atoms with Crippen molar-refractivity contribution in [1.82, 2.24) is 0 Å². The first-order valence-corrected chi connectivity index (χ1v) is 8.22. The third kappa shape index (κ3) is 2.69. The van der Waals surface area contributed by atoms with Gasteiger partial charge >= 0.3 is 5.97 Å². The molecule has 0 saturated heterocycles. The second-order valence-electron chi connectivity index (χ2n) is 5.83. The average Bonchev–Trinajstić information content (AvgIpc) is 2.69. The van der Waals surface area contributed by atoms with Crippen LogP contribution < -0.4 is 9.47 Å². The van der Waals surface area contributed by atoms with Crippen LogP contribution in [0.5, 0.6) is 11.5 Å². The smallest absolute Gasteiger partial charge is 0.323 e. The minimum atomic E-state index is -1.43. The Bertz CT molecular complexity index is 849. The van der Waals surface area contributed by atoms with Crippen LogP contribution in [0.4, 0.5) is 0 Å². The average molecular weight is 348 g/mol. The zero-order valence-electron chi connectivity index (χ0n) is 14.7. The molecule has 0 aliphatic heterocycles. The maximum absolute atomic E-state index is 12.8. The zero-order valence-corrected chi connectivity index (χ0v) is 14.7. The van der Waals surface area contributed by atoms with Gasteiger partial charge in [-0.25, -0.2) is 0 Å². The quantitative estimate of drug-likeness (QED) is 0.681. The van der Waals surface area contributed by atoms with Crippen LogP contribution in [0.15, 0.2) is 78.9 Å². The van der Waals surface area contributed by atoms with Crippen LogP contribution in [0, 0.1) is 0 Å². The van der Waals surface area contributed by atoms with E-state index in [-0.39, 0.29) is 0 Å². The molecule has 0 aliphatic rings. The summed E-state index contributed by atoms with van der Waals surface area (Å²) in [7, 11) is 3.05. The summed E-state index contributed by atoms with van der Waals surface area (Å²) < 4.78 is 11.0. The summed E-state index contributed by atoms with van der Waals surface area (Å²) in [6.07, 6.45) is 0. The van der Waals surface area contributed by atoms with Crippen molar-refractivity contribution in [3.05, 3.63) is 95.6 Å². The molecule has 0 unspecified atom stereocenters. The first-order valence-electron chi connectivity index (χ1n) is 8.22. The molecule has 0 atom stereocenters. The lowest BCUT2D eigenvalue weighted by atomic mass is 9.69. The highest BCUT2D eigenvalue weighted by atomic mass is 16.5. The lowest BCUT2D eigenvalue weighted by Gasteiger charge is -2.33. The predicted molar refractivity (Wildman–Crippen MR) is 99.9 cm³/mol. The van der Waals surface area contributed by atoms with Gasteiger partial charge in [0.05, 0.1) is 14.2 Å². The van der Waals surface area contributed by atoms with Gasteiger partial charge in [0.25, 0.3) is 0 Å². The molecule has 0 heterocycles. The lowest BCUT2D eigenvalue weighted by molar-refractivity contribution is -0.140. The molecular formula is C22H20O4. The van der Waals surface area contributed by atoms with E-state index in [0.29, 0.717) is 28.2 Å². The fourth-order valence-corrected chi connectivity index (χ4v) is 3.40. The van der Waals surface area contributed by atoms with Gasteiger partial charge in [0.15, 0.2) is 11.5 Å². The molecule has 3 aromatic carbocycles. The van der Waals surface area contributed by atoms with Gasteiger partial charge in [0.2, 0.25) is 0 Å². The summed E-state index contributed by atoms with van der Waals surface area (Å²) in [5.41, 5.74) is 0.377. The van der Waals surface area contributed by atoms with E-state index in [9.17, 15) is 9.90 Å². The summed E-state index contributed by atoms with van der Waals surface area (Å²) in [6, 6.07) is 23.7. The number of ether oxygens (including phenoxy) is 2. The van der Waals surface area contributed by atoms with Crippen LogP contribution in [0.3, 0.4) is 0 Å². The summed E-state index contributed by atoms with van der Waals surface area (Å²) in [4.78, 5) is 12.8. The Kier molecular flexibility index (Phi) is 4.94. The number of hydrogen-bond donors (Lipinski definition) is 1. The Morgan fingerprint density at radius 1 is 0.769 bits per heavy atom. The third-order valence-corrected chi connectivity index (χ3v) is 4.54. The summed E-state index contributed by atoms with van der Waals surface area (Å²) in [6.45, 7) is 0. The predicted octanol–water partition coefficient (Wildman–Crippen LogP) is 4.12. The van der Waals surface area contributed by atoms with Crippen molar-refractivity contribution >= 4 is 5.97 Å². The highest BCUT2D eigenvalue weighted by Gasteiger charge is 2.46. The van der Waals surface area contributed by atoms with Crippen LogP contribution in [-0.2, 0) is 10.2 Å². The molecule has 1 N–H and O–H groups in total. The number of carboxylic acid groups (broad SMARTS) is 1. The molecule has 0 saturated carbocycles. The molecule has 3 rings (SSSR count). The number of para-hydroxylation sites is 1. The van der Waals surface area contributed by atoms with E-state index in [0.717, 1.165) is 0 Å². The Balaban J connectivity index is 2.45. The number of carbonyl (C=O) groups is 1. The molecule has 3 aromatic rings. The molecule has 4 heteroatoms. The fourth-order valence-electron chi connectivity index (χ4n) is 3.40. The van der Waals surface area contributed by atoms with E-state index in [1.807, 2.05) is 60.7 Å². The van der Waals surface area contributed by atoms with Gasteiger partial charge in [-0.05, 0) is 17.2 Å². The molecule has 0 bridgehead atoms. The number of aliphatic carboxylic acids is 1. The normalized spacial score (nSPS) is 11.0. The molecule has 0 aliphatic carbocycles. The van der Waals surface area contributed by atoms with Gasteiger partial charge in [-0.3, -0.25) is 4.79 Å². The zero-order chi connectivity index (χ0) is 18.6. The summed E-state index contributed by atoms with van der Waals surface area (Å²) in [5, 5.41) is 10.5. The monoisotopic (exact) mass is 348 g/mol.